The van der Waals surface area contributed by atoms with E-state index < -0.39 is 5.41 Å². The molecule has 0 aromatic carbocycles. The molecule has 0 spiro atoms. The molecule has 0 bridgehead atoms. The molecule has 0 aliphatic heterocycles. The van der Waals surface area contributed by atoms with Crippen molar-refractivity contribution in [3.63, 3.8) is 0 Å². The molecule has 3 aromatic heterocycles. The van der Waals surface area contributed by atoms with Gasteiger partial charge in [0.05, 0.1) is 28.8 Å². The summed E-state index contributed by atoms with van der Waals surface area (Å²) in [7, 11) is 0. The van der Waals surface area contributed by atoms with Crippen molar-refractivity contribution < 1.29 is 9.53 Å². The molecule has 0 amide bonds. The Labute approximate surface area is 137 Å². The topological polar surface area (TPSA) is 104 Å². The maximum Gasteiger partial charge on any atom is 0.312 e. The van der Waals surface area contributed by atoms with Crippen LogP contribution in [-0.4, -0.2) is 30.4 Å². The quantitative estimate of drug-likeness (QED) is 0.538. The number of hydrogen-bond donors (Lipinski definition) is 0. The van der Waals surface area contributed by atoms with Crippen LogP contribution in [0.5, 0.6) is 0 Å². The number of aromatic nitrogens is 5. The molecule has 0 saturated carbocycles. The van der Waals surface area contributed by atoms with Crippen molar-refractivity contribution in [2.24, 2.45) is 10.7 Å². The van der Waals surface area contributed by atoms with Crippen LogP contribution >= 0.6 is 0 Å². The molecular formula is C15H16N6O3. The van der Waals surface area contributed by atoms with Crippen LogP contribution in [0.3, 0.4) is 0 Å². The standard InChI is InChI=1S/C15H16N6O3/c1-15(2,3)14(22)24-9-20-5-4-11-12(16-8-17-13(11)20)10-6-18-21(7-10)19-23/h4-8H,9H2,1-3H3. The third-order valence-corrected chi connectivity index (χ3v) is 3.43. The van der Waals surface area contributed by atoms with Crippen LogP contribution in [0, 0.1) is 10.3 Å². The van der Waals surface area contributed by atoms with Crippen LogP contribution < -0.4 is 0 Å². The maximum absolute atomic E-state index is 11.9. The Balaban J connectivity index is 1.92. The summed E-state index contributed by atoms with van der Waals surface area (Å²) in [5.41, 5.74) is 1.32. The molecule has 3 aromatic rings. The second-order valence-corrected chi connectivity index (χ2v) is 6.29. The van der Waals surface area contributed by atoms with Gasteiger partial charge >= 0.3 is 5.97 Å². The lowest BCUT2D eigenvalue weighted by Gasteiger charge is -2.17. The van der Waals surface area contributed by atoms with Crippen molar-refractivity contribution >= 4 is 17.0 Å². The summed E-state index contributed by atoms with van der Waals surface area (Å²) >= 11 is 0. The van der Waals surface area contributed by atoms with Gasteiger partial charge in [-0.3, -0.25) is 9.36 Å². The van der Waals surface area contributed by atoms with Gasteiger partial charge in [0.25, 0.3) is 0 Å². The van der Waals surface area contributed by atoms with Crippen molar-refractivity contribution in [3.05, 3.63) is 35.9 Å². The van der Waals surface area contributed by atoms with E-state index in [1.807, 2.05) is 6.07 Å². The van der Waals surface area contributed by atoms with E-state index >= 15 is 0 Å². The van der Waals surface area contributed by atoms with Crippen LogP contribution in [0.25, 0.3) is 22.3 Å². The Hall–Kier alpha value is -3.10. The SMILES string of the molecule is CC(C)(C)C(=O)OCn1ccc2c(-c3cnn(N=O)c3)ncnc21. The average Bonchev–Trinajstić information content (AvgIpc) is 3.18. The van der Waals surface area contributed by atoms with Crippen molar-refractivity contribution in [2.75, 3.05) is 0 Å². The highest BCUT2D eigenvalue weighted by Gasteiger charge is 2.23. The molecule has 24 heavy (non-hydrogen) atoms. The Bertz CT molecular complexity index is 905. The summed E-state index contributed by atoms with van der Waals surface area (Å²) < 4.78 is 7.03. The minimum Gasteiger partial charge on any atom is -0.443 e. The highest BCUT2D eigenvalue weighted by Crippen LogP contribution is 2.26. The van der Waals surface area contributed by atoms with E-state index in [2.05, 4.69) is 20.4 Å². The zero-order chi connectivity index (χ0) is 17.3. The Morgan fingerprint density at radius 1 is 1.33 bits per heavy atom. The largest absolute Gasteiger partial charge is 0.443 e. The summed E-state index contributed by atoms with van der Waals surface area (Å²) in [5.74, 6) is -0.294. The van der Waals surface area contributed by atoms with Crippen molar-refractivity contribution in [2.45, 2.75) is 27.5 Å². The zero-order valence-electron chi connectivity index (χ0n) is 13.5. The van der Waals surface area contributed by atoms with Gasteiger partial charge in [0, 0.05) is 17.1 Å². The highest BCUT2D eigenvalue weighted by atomic mass is 16.5. The van der Waals surface area contributed by atoms with Gasteiger partial charge in [-0.05, 0) is 26.8 Å². The number of fused-ring (bicyclic) bond motifs is 1. The summed E-state index contributed by atoms with van der Waals surface area (Å²) in [6.45, 7) is 5.44. The van der Waals surface area contributed by atoms with Gasteiger partial charge in [0.1, 0.15) is 12.0 Å². The van der Waals surface area contributed by atoms with Crippen LogP contribution in [0.15, 0.2) is 36.3 Å². The minimum absolute atomic E-state index is 0.0607. The van der Waals surface area contributed by atoms with Gasteiger partial charge < -0.3 is 4.74 Å². The lowest BCUT2D eigenvalue weighted by Crippen LogP contribution is -2.23. The molecule has 0 saturated heterocycles. The van der Waals surface area contributed by atoms with Crippen LogP contribution in [0.1, 0.15) is 20.8 Å². The fourth-order valence-electron chi connectivity index (χ4n) is 2.16. The van der Waals surface area contributed by atoms with E-state index in [0.29, 0.717) is 16.9 Å². The van der Waals surface area contributed by atoms with Gasteiger partial charge in [0.2, 0.25) is 0 Å². The number of esters is 1. The lowest BCUT2D eigenvalue weighted by atomic mass is 9.98. The van der Waals surface area contributed by atoms with Gasteiger partial charge in [0.15, 0.2) is 6.73 Å². The number of ether oxygens (including phenoxy) is 1. The normalized spacial score (nSPS) is 11.6. The van der Waals surface area contributed by atoms with E-state index in [0.717, 1.165) is 10.2 Å². The Kier molecular flexibility index (Phi) is 3.84. The first kappa shape index (κ1) is 15.8. The maximum atomic E-state index is 11.9. The number of carbonyl (C=O) groups excluding carboxylic acids is 1. The summed E-state index contributed by atoms with van der Waals surface area (Å²) in [4.78, 5) is 31.8. The van der Waals surface area contributed by atoms with Gasteiger partial charge in [-0.2, -0.15) is 5.10 Å². The average molecular weight is 328 g/mol. The van der Waals surface area contributed by atoms with E-state index in [9.17, 15) is 9.70 Å². The zero-order valence-corrected chi connectivity index (χ0v) is 13.5. The molecule has 124 valence electrons. The number of nitroso groups, excluding NO2 is 1. The molecule has 3 rings (SSSR count). The smallest absolute Gasteiger partial charge is 0.312 e. The van der Waals surface area contributed by atoms with Crippen molar-refractivity contribution in [1.82, 2.24) is 24.4 Å². The molecule has 9 nitrogen and oxygen atoms in total. The van der Waals surface area contributed by atoms with Gasteiger partial charge in [-0.25, -0.2) is 9.97 Å². The molecular weight excluding hydrogens is 312 g/mol. The summed E-state index contributed by atoms with van der Waals surface area (Å²) in [5, 5.41) is 7.29. The van der Waals surface area contributed by atoms with Crippen molar-refractivity contribution in [1.29, 1.82) is 0 Å². The van der Waals surface area contributed by atoms with E-state index in [4.69, 9.17) is 4.74 Å². The first-order valence-electron chi connectivity index (χ1n) is 7.26. The fraction of sp³-hybridized carbons (Fsp3) is 0.333. The number of nitrogens with zero attached hydrogens (tertiary/aromatic N) is 6. The number of carbonyl (C=O) groups is 1. The monoisotopic (exact) mass is 328 g/mol. The molecule has 9 heteroatoms. The van der Waals surface area contributed by atoms with Crippen molar-refractivity contribution in [3.8, 4) is 11.3 Å². The predicted octanol–water partition coefficient (Wildman–Crippen LogP) is 2.37. The molecule has 0 radical (unpaired) electrons. The summed E-state index contributed by atoms with van der Waals surface area (Å²) in [6, 6.07) is 1.82. The predicted molar refractivity (Wildman–Crippen MR) is 85.5 cm³/mol. The highest BCUT2D eigenvalue weighted by molar-refractivity contribution is 5.90. The van der Waals surface area contributed by atoms with E-state index in [1.165, 1.54) is 18.7 Å². The number of hydrogen-bond acceptors (Lipinski definition) is 7. The van der Waals surface area contributed by atoms with Gasteiger partial charge in [-0.15, -0.1) is 9.70 Å². The fourth-order valence-corrected chi connectivity index (χ4v) is 2.16. The van der Waals surface area contributed by atoms with E-state index in [-0.39, 0.29) is 12.7 Å². The molecule has 3 heterocycles. The van der Waals surface area contributed by atoms with Crippen LogP contribution in [-0.2, 0) is 16.3 Å². The third-order valence-electron chi connectivity index (χ3n) is 3.43. The molecule has 0 aliphatic carbocycles. The van der Waals surface area contributed by atoms with E-state index in [1.54, 1.807) is 31.5 Å². The number of rotatable bonds is 4. The second kappa shape index (κ2) is 5.84. The first-order valence-corrected chi connectivity index (χ1v) is 7.26. The second-order valence-electron chi connectivity index (χ2n) is 6.29. The van der Waals surface area contributed by atoms with Gasteiger partial charge in [-0.1, -0.05) is 0 Å². The summed E-state index contributed by atoms with van der Waals surface area (Å²) in [6.07, 6.45) is 6.15. The van der Waals surface area contributed by atoms with Crippen LogP contribution in [0.2, 0.25) is 0 Å². The molecule has 0 aliphatic rings. The first-order chi connectivity index (χ1) is 11.4. The molecule has 0 N–H and O–H groups in total. The molecule has 0 fully saturated rings. The third kappa shape index (κ3) is 2.87. The minimum atomic E-state index is -0.570. The molecule has 0 atom stereocenters. The molecule has 0 unspecified atom stereocenters. The van der Waals surface area contributed by atoms with Crippen LogP contribution in [0.4, 0.5) is 0 Å². The lowest BCUT2D eigenvalue weighted by molar-refractivity contribution is -0.156. The Morgan fingerprint density at radius 3 is 2.79 bits per heavy atom. The Morgan fingerprint density at radius 2 is 2.12 bits per heavy atom.